The molecule has 0 saturated heterocycles. The summed E-state index contributed by atoms with van der Waals surface area (Å²) in [5, 5.41) is 3.04. The molecule has 0 unspecified atom stereocenters. The van der Waals surface area contributed by atoms with Crippen LogP contribution in [0.25, 0.3) is 11.3 Å². The maximum Gasteiger partial charge on any atom is 0.573 e. The van der Waals surface area contributed by atoms with Crippen LogP contribution in [0.2, 0.25) is 0 Å². The summed E-state index contributed by atoms with van der Waals surface area (Å²) in [6.45, 7) is 2.77. The molecule has 2 fully saturated rings. The average molecular weight is 420 g/mol. The normalized spacial score (nSPS) is 17.7. The van der Waals surface area contributed by atoms with E-state index in [1.54, 1.807) is 12.1 Å². The summed E-state index contributed by atoms with van der Waals surface area (Å²) in [6, 6.07) is 8.02. The first kappa shape index (κ1) is 20.8. The summed E-state index contributed by atoms with van der Waals surface area (Å²) in [5.41, 5.74) is 3.18. The van der Waals surface area contributed by atoms with Crippen LogP contribution >= 0.6 is 0 Å². The lowest BCUT2D eigenvalue weighted by Crippen LogP contribution is -2.26. The highest BCUT2D eigenvalue weighted by Crippen LogP contribution is 2.33. The maximum atomic E-state index is 12.7. The van der Waals surface area contributed by atoms with Crippen molar-refractivity contribution < 1.29 is 22.7 Å². The number of ether oxygens (including phenoxy) is 1. The minimum Gasteiger partial charge on any atom is -0.406 e. The summed E-state index contributed by atoms with van der Waals surface area (Å²) >= 11 is 0. The lowest BCUT2D eigenvalue weighted by atomic mass is 9.89. The lowest BCUT2D eigenvalue weighted by Gasteiger charge is -2.24. The van der Waals surface area contributed by atoms with Crippen LogP contribution in [0.15, 0.2) is 30.3 Å². The quantitative estimate of drug-likeness (QED) is 0.639. The average Bonchev–Trinajstić information content (AvgIpc) is 3.45. The Morgan fingerprint density at radius 2 is 1.77 bits per heavy atom. The largest absolute Gasteiger partial charge is 0.573 e. The predicted molar refractivity (Wildman–Crippen MR) is 108 cm³/mol. The summed E-state index contributed by atoms with van der Waals surface area (Å²) in [4.78, 5) is 12.7. The van der Waals surface area contributed by atoms with Gasteiger partial charge in [-0.25, -0.2) is 0 Å². The molecule has 0 spiro atoms. The molecule has 2 aromatic rings. The highest BCUT2D eigenvalue weighted by atomic mass is 19.4. The van der Waals surface area contributed by atoms with Gasteiger partial charge in [-0.3, -0.25) is 4.79 Å². The van der Waals surface area contributed by atoms with Crippen molar-refractivity contribution in [1.82, 2.24) is 9.88 Å². The van der Waals surface area contributed by atoms with E-state index in [1.807, 2.05) is 13.0 Å². The van der Waals surface area contributed by atoms with Gasteiger partial charge in [-0.2, -0.15) is 0 Å². The van der Waals surface area contributed by atoms with Crippen LogP contribution < -0.4 is 10.1 Å². The van der Waals surface area contributed by atoms with Crippen molar-refractivity contribution >= 4 is 5.91 Å². The third kappa shape index (κ3) is 4.99. The summed E-state index contributed by atoms with van der Waals surface area (Å²) in [6.07, 6.45) is 3.36. The Hall–Kier alpha value is -2.44. The number of halogens is 3. The molecule has 1 aromatic heterocycles. The van der Waals surface area contributed by atoms with E-state index in [2.05, 4.69) is 14.6 Å². The number of carbonyl (C=O) groups is 1. The van der Waals surface area contributed by atoms with E-state index >= 15 is 0 Å². The molecule has 0 aliphatic heterocycles. The fourth-order valence-corrected chi connectivity index (χ4v) is 4.30. The van der Waals surface area contributed by atoms with Gasteiger partial charge >= 0.3 is 6.36 Å². The predicted octanol–water partition coefficient (Wildman–Crippen LogP) is 5.83. The first-order chi connectivity index (χ1) is 14.3. The van der Waals surface area contributed by atoms with E-state index in [0.717, 1.165) is 36.3 Å². The fraction of sp³-hybridized carbons (Fsp3) is 0.522. The molecule has 2 saturated carbocycles. The Bertz CT molecular complexity index is 892. The number of nitrogens with one attached hydrogen (secondary N) is 1. The van der Waals surface area contributed by atoms with Gasteiger partial charge in [0.2, 0.25) is 0 Å². The molecule has 1 N–H and O–H groups in total. The number of amides is 1. The van der Waals surface area contributed by atoms with Crippen molar-refractivity contribution in [3.05, 3.63) is 41.6 Å². The molecule has 4 rings (SSSR count). The number of alkyl halides is 3. The molecule has 30 heavy (non-hydrogen) atoms. The lowest BCUT2D eigenvalue weighted by molar-refractivity contribution is -0.274. The maximum absolute atomic E-state index is 12.7. The molecule has 4 nitrogen and oxygen atoms in total. The minimum atomic E-state index is -4.71. The Kier molecular flexibility index (Phi) is 5.80. The fourth-order valence-electron chi connectivity index (χ4n) is 4.30. The van der Waals surface area contributed by atoms with Gasteiger partial charge in [-0.1, -0.05) is 19.3 Å². The highest BCUT2D eigenvalue weighted by Gasteiger charge is 2.31. The molecule has 2 aliphatic rings. The van der Waals surface area contributed by atoms with Crippen molar-refractivity contribution in [2.45, 2.75) is 70.8 Å². The molecule has 0 radical (unpaired) electrons. The smallest absolute Gasteiger partial charge is 0.406 e. The zero-order chi connectivity index (χ0) is 21.3. The zero-order valence-electron chi connectivity index (χ0n) is 17.1. The van der Waals surface area contributed by atoms with Crippen LogP contribution in [0.4, 0.5) is 13.2 Å². The molecule has 162 valence electrons. The van der Waals surface area contributed by atoms with Crippen molar-refractivity contribution in [3.63, 3.8) is 0 Å². The first-order valence-electron chi connectivity index (χ1n) is 10.7. The standard InChI is InChI=1S/C23H27F3N2O2/c1-15-20(22(29)27-18-9-10-18)13-21(28(15)14-16-5-3-2-4-6-16)17-7-11-19(12-8-17)30-23(24,25)26/h7-8,11-13,16,18H,2-6,9-10,14H2,1H3,(H,27,29). The minimum absolute atomic E-state index is 0.0735. The number of nitrogens with zero attached hydrogens (tertiary/aromatic N) is 1. The van der Waals surface area contributed by atoms with Gasteiger partial charge in [0, 0.05) is 24.0 Å². The molecule has 0 bridgehead atoms. The molecule has 0 atom stereocenters. The third-order valence-corrected chi connectivity index (χ3v) is 6.07. The van der Waals surface area contributed by atoms with Crippen molar-refractivity contribution in [2.24, 2.45) is 5.92 Å². The van der Waals surface area contributed by atoms with E-state index in [0.29, 0.717) is 11.5 Å². The van der Waals surface area contributed by atoms with E-state index in [-0.39, 0.29) is 17.7 Å². The van der Waals surface area contributed by atoms with Crippen LogP contribution in [0.3, 0.4) is 0 Å². The van der Waals surface area contributed by atoms with Crippen LogP contribution in [0, 0.1) is 12.8 Å². The number of benzene rings is 1. The van der Waals surface area contributed by atoms with Crippen molar-refractivity contribution in [3.8, 4) is 17.0 Å². The Labute approximate surface area is 174 Å². The summed E-state index contributed by atoms with van der Waals surface area (Å²) in [5.74, 6) is 0.228. The molecular formula is C23H27F3N2O2. The summed E-state index contributed by atoms with van der Waals surface area (Å²) < 4.78 is 43.6. The second-order valence-electron chi connectivity index (χ2n) is 8.46. The first-order valence-corrected chi connectivity index (χ1v) is 10.7. The Morgan fingerprint density at radius 1 is 1.10 bits per heavy atom. The Morgan fingerprint density at radius 3 is 2.37 bits per heavy atom. The van der Waals surface area contributed by atoms with E-state index in [1.165, 1.54) is 44.2 Å². The van der Waals surface area contributed by atoms with E-state index in [9.17, 15) is 18.0 Å². The van der Waals surface area contributed by atoms with Crippen molar-refractivity contribution in [2.75, 3.05) is 0 Å². The van der Waals surface area contributed by atoms with E-state index in [4.69, 9.17) is 0 Å². The number of hydrogen-bond donors (Lipinski definition) is 1. The number of rotatable bonds is 6. The number of carbonyl (C=O) groups excluding carboxylic acids is 1. The van der Waals surface area contributed by atoms with Gasteiger partial charge in [0.25, 0.3) is 5.91 Å². The van der Waals surface area contributed by atoms with Crippen LogP contribution in [-0.2, 0) is 6.54 Å². The van der Waals surface area contributed by atoms with Gasteiger partial charge in [0.05, 0.1) is 5.56 Å². The van der Waals surface area contributed by atoms with Crippen LogP contribution in [0.5, 0.6) is 5.75 Å². The molecule has 1 heterocycles. The zero-order valence-corrected chi connectivity index (χ0v) is 17.1. The van der Waals surface area contributed by atoms with Gasteiger partial charge in [-0.05, 0) is 74.4 Å². The van der Waals surface area contributed by atoms with Crippen LogP contribution in [-0.4, -0.2) is 22.9 Å². The number of hydrogen-bond acceptors (Lipinski definition) is 2. The summed E-state index contributed by atoms with van der Waals surface area (Å²) in [7, 11) is 0. The second-order valence-corrected chi connectivity index (χ2v) is 8.46. The van der Waals surface area contributed by atoms with Gasteiger partial charge in [-0.15, -0.1) is 13.2 Å². The Balaban J connectivity index is 1.64. The molecular weight excluding hydrogens is 393 g/mol. The molecule has 2 aliphatic carbocycles. The van der Waals surface area contributed by atoms with Gasteiger partial charge in [0.15, 0.2) is 0 Å². The van der Waals surface area contributed by atoms with Gasteiger partial charge < -0.3 is 14.6 Å². The van der Waals surface area contributed by atoms with E-state index < -0.39 is 6.36 Å². The topological polar surface area (TPSA) is 43.3 Å². The SMILES string of the molecule is Cc1c(C(=O)NC2CC2)cc(-c2ccc(OC(F)(F)F)cc2)n1CC1CCCCC1. The highest BCUT2D eigenvalue weighted by molar-refractivity contribution is 5.97. The van der Waals surface area contributed by atoms with Gasteiger partial charge in [0.1, 0.15) is 5.75 Å². The molecule has 1 aromatic carbocycles. The number of aromatic nitrogens is 1. The third-order valence-electron chi connectivity index (χ3n) is 6.07. The molecule has 1 amide bonds. The second kappa shape index (κ2) is 8.36. The van der Waals surface area contributed by atoms with Crippen LogP contribution in [0.1, 0.15) is 61.0 Å². The molecule has 7 heteroatoms. The monoisotopic (exact) mass is 420 g/mol. The van der Waals surface area contributed by atoms with Crippen molar-refractivity contribution in [1.29, 1.82) is 0 Å².